The molecule has 41 heavy (non-hydrogen) atoms. The van der Waals surface area contributed by atoms with Crippen LogP contribution in [-0.2, 0) is 34.9 Å². The fourth-order valence-corrected chi connectivity index (χ4v) is 4.66. The highest BCUT2D eigenvalue weighted by atomic mass is 19.4. The zero-order valence-corrected chi connectivity index (χ0v) is 21.6. The Morgan fingerprint density at radius 3 is 1.98 bits per heavy atom. The molecule has 1 fully saturated rings. The van der Waals surface area contributed by atoms with Crippen molar-refractivity contribution in [3.63, 3.8) is 0 Å². The maximum atomic E-state index is 13.6. The summed E-state index contributed by atoms with van der Waals surface area (Å²) in [7, 11) is 0. The number of guanidine groups is 1. The van der Waals surface area contributed by atoms with Crippen LogP contribution in [0.1, 0.15) is 60.8 Å². The number of alkyl halides is 6. The van der Waals surface area contributed by atoms with Gasteiger partial charge in [-0.05, 0) is 47.7 Å². The molecule has 14 heteroatoms. The molecule has 0 aromatic heterocycles. The molecule has 1 aliphatic carbocycles. The molecule has 224 valence electrons. The molecule has 1 saturated carbocycles. The minimum absolute atomic E-state index is 0.00201. The predicted molar refractivity (Wildman–Crippen MR) is 133 cm³/mol. The van der Waals surface area contributed by atoms with E-state index in [-0.39, 0.29) is 30.0 Å². The molecule has 0 spiro atoms. The lowest BCUT2D eigenvalue weighted by Gasteiger charge is -2.27. The third-order valence-corrected chi connectivity index (χ3v) is 6.67. The highest BCUT2D eigenvalue weighted by molar-refractivity contribution is 5.95. The van der Waals surface area contributed by atoms with Crippen LogP contribution in [0.2, 0.25) is 0 Å². The van der Waals surface area contributed by atoms with Gasteiger partial charge >= 0.3 is 12.4 Å². The highest BCUT2D eigenvalue weighted by Gasteiger charge is 2.35. The lowest BCUT2D eigenvalue weighted by molar-refractivity contribution is -0.140. The van der Waals surface area contributed by atoms with Crippen molar-refractivity contribution in [2.45, 2.75) is 69.9 Å². The second-order valence-corrected chi connectivity index (χ2v) is 9.85. The lowest BCUT2D eigenvalue weighted by Crippen LogP contribution is -2.50. The number of carbonyl (C=O) groups is 2. The van der Waals surface area contributed by atoms with Crippen molar-refractivity contribution in [1.29, 1.82) is 0 Å². The Bertz CT molecular complexity index is 1270. The number of hydrogen-bond donors (Lipinski definition) is 3. The number of nitrogens with zero attached hydrogens (tertiary/aromatic N) is 1. The average molecular weight is 593 g/mol. The molecule has 4 N–H and O–H groups in total. The van der Waals surface area contributed by atoms with Gasteiger partial charge in [0.2, 0.25) is 5.91 Å². The van der Waals surface area contributed by atoms with E-state index in [1.54, 1.807) is 0 Å². The van der Waals surface area contributed by atoms with E-state index in [1.807, 2.05) is 0 Å². The topological polar surface area (TPSA) is 96.6 Å². The largest absolute Gasteiger partial charge is 0.419 e. The Morgan fingerprint density at radius 1 is 0.878 bits per heavy atom. The number of amides is 2. The van der Waals surface area contributed by atoms with E-state index in [0.717, 1.165) is 44.2 Å². The van der Waals surface area contributed by atoms with Crippen molar-refractivity contribution in [3.05, 3.63) is 70.3 Å². The molecule has 0 aliphatic heterocycles. The number of benzene rings is 2. The molecule has 1 atom stereocenters. The van der Waals surface area contributed by atoms with Crippen molar-refractivity contribution in [2.24, 2.45) is 16.6 Å². The number of rotatable bonds is 8. The van der Waals surface area contributed by atoms with E-state index in [4.69, 9.17) is 5.73 Å². The molecule has 0 radical (unpaired) electrons. The average Bonchev–Trinajstić information content (AvgIpc) is 2.88. The standard InChI is InChI=1S/C27H28F8N4O2/c28-20-8-6-16(10-18(20)26(30,31)32)13-23(40)39-25(36)38-22(12-15-4-2-1-3-5-15)24(41)37-14-17-7-9-21(29)19(11-17)27(33,34)35/h6-11,15,22H,1-5,12-14H2,(H,37,41)(H3,36,38,39,40). The maximum Gasteiger partial charge on any atom is 0.419 e. The van der Waals surface area contributed by atoms with Gasteiger partial charge in [-0.25, -0.2) is 8.78 Å². The van der Waals surface area contributed by atoms with Gasteiger partial charge in [-0.3, -0.25) is 9.59 Å². The van der Waals surface area contributed by atoms with Gasteiger partial charge in [-0.15, -0.1) is 0 Å². The molecule has 6 nitrogen and oxygen atoms in total. The zero-order chi connectivity index (χ0) is 30.4. The van der Waals surface area contributed by atoms with Crippen molar-refractivity contribution < 1.29 is 44.7 Å². The second kappa shape index (κ2) is 13.3. The summed E-state index contributed by atoms with van der Waals surface area (Å²) in [5.41, 5.74) is 2.65. The van der Waals surface area contributed by atoms with E-state index >= 15 is 0 Å². The van der Waals surface area contributed by atoms with E-state index in [2.05, 4.69) is 15.6 Å². The van der Waals surface area contributed by atoms with Crippen molar-refractivity contribution in [1.82, 2.24) is 10.6 Å². The first-order valence-corrected chi connectivity index (χ1v) is 12.8. The van der Waals surface area contributed by atoms with Crippen molar-refractivity contribution in [3.8, 4) is 0 Å². The fourth-order valence-electron chi connectivity index (χ4n) is 4.66. The van der Waals surface area contributed by atoms with E-state index in [1.165, 1.54) is 0 Å². The summed E-state index contributed by atoms with van der Waals surface area (Å²) in [5.74, 6) is -4.95. The SMILES string of the molecule is NC(=NC(=O)Cc1ccc(F)c(C(F)(F)F)c1)NC(CC1CCCCC1)C(=O)NCc1ccc(F)c(C(F)(F)F)c1. The Labute approximate surface area is 230 Å². The van der Waals surface area contributed by atoms with Crippen LogP contribution in [0.15, 0.2) is 41.4 Å². The van der Waals surface area contributed by atoms with Gasteiger partial charge in [0.25, 0.3) is 5.91 Å². The minimum atomic E-state index is -4.96. The summed E-state index contributed by atoms with van der Waals surface area (Å²) in [4.78, 5) is 29.0. The summed E-state index contributed by atoms with van der Waals surface area (Å²) >= 11 is 0. The van der Waals surface area contributed by atoms with Crippen LogP contribution in [0.4, 0.5) is 35.1 Å². The third-order valence-electron chi connectivity index (χ3n) is 6.67. The minimum Gasteiger partial charge on any atom is -0.370 e. The molecule has 0 bridgehead atoms. The third kappa shape index (κ3) is 9.42. The molecule has 3 rings (SSSR count). The summed E-state index contributed by atoms with van der Waals surface area (Å²) in [6, 6.07) is 3.37. The van der Waals surface area contributed by atoms with E-state index < -0.39 is 65.4 Å². The van der Waals surface area contributed by atoms with E-state index in [0.29, 0.717) is 24.3 Å². The summed E-state index contributed by atoms with van der Waals surface area (Å²) < 4.78 is 105. The Kier molecular flexibility index (Phi) is 10.3. The van der Waals surface area contributed by atoms with Gasteiger partial charge in [0.05, 0.1) is 17.5 Å². The first kappa shape index (κ1) is 31.8. The highest BCUT2D eigenvalue weighted by Crippen LogP contribution is 2.33. The van der Waals surface area contributed by atoms with Crippen molar-refractivity contribution >= 4 is 17.8 Å². The fraction of sp³-hybridized carbons (Fsp3) is 0.444. The van der Waals surface area contributed by atoms with Gasteiger partial charge < -0.3 is 16.4 Å². The number of aliphatic imine (C=N–C) groups is 1. The summed E-state index contributed by atoms with van der Waals surface area (Å²) in [6.45, 7) is -0.354. The zero-order valence-electron chi connectivity index (χ0n) is 21.6. The van der Waals surface area contributed by atoms with Crippen LogP contribution in [0.5, 0.6) is 0 Å². The quantitative estimate of drug-likeness (QED) is 0.210. The summed E-state index contributed by atoms with van der Waals surface area (Å²) in [5, 5.41) is 5.10. The first-order chi connectivity index (χ1) is 19.1. The normalized spacial score (nSPS) is 15.9. The molecule has 2 aromatic carbocycles. The van der Waals surface area contributed by atoms with Crippen LogP contribution in [0, 0.1) is 17.6 Å². The Balaban J connectivity index is 1.70. The predicted octanol–water partition coefficient (Wildman–Crippen LogP) is 5.63. The van der Waals surface area contributed by atoms with Gasteiger partial charge in [0.1, 0.15) is 17.7 Å². The van der Waals surface area contributed by atoms with Crippen LogP contribution >= 0.6 is 0 Å². The van der Waals surface area contributed by atoms with Crippen LogP contribution in [0.25, 0.3) is 0 Å². The van der Waals surface area contributed by atoms with Gasteiger partial charge in [0.15, 0.2) is 5.96 Å². The van der Waals surface area contributed by atoms with Crippen LogP contribution in [-0.4, -0.2) is 23.8 Å². The van der Waals surface area contributed by atoms with Gasteiger partial charge in [-0.2, -0.15) is 31.3 Å². The smallest absolute Gasteiger partial charge is 0.370 e. The molecule has 2 aromatic rings. The number of hydrogen-bond acceptors (Lipinski definition) is 2. The molecular formula is C27H28F8N4O2. The van der Waals surface area contributed by atoms with E-state index in [9.17, 15) is 44.7 Å². The number of nitrogens with one attached hydrogen (secondary N) is 2. The molecular weight excluding hydrogens is 564 g/mol. The Hall–Kier alpha value is -3.71. The van der Waals surface area contributed by atoms with Gasteiger partial charge in [0, 0.05) is 6.54 Å². The Morgan fingerprint density at radius 2 is 1.41 bits per heavy atom. The molecule has 0 heterocycles. The first-order valence-electron chi connectivity index (χ1n) is 12.8. The van der Waals surface area contributed by atoms with Crippen molar-refractivity contribution in [2.75, 3.05) is 0 Å². The number of nitrogens with two attached hydrogens (primary N) is 1. The number of carbonyl (C=O) groups excluding carboxylic acids is 2. The monoisotopic (exact) mass is 592 g/mol. The molecule has 1 unspecified atom stereocenters. The lowest BCUT2D eigenvalue weighted by atomic mass is 9.84. The maximum absolute atomic E-state index is 13.6. The van der Waals surface area contributed by atoms with Gasteiger partial charge in [-0.1, -0.05) is 44.2 Å². The summed E-state index contributed by atoms with van der Waals surface area (Å²) in [6.07, 6.45) is -5.70. The number of halogens is 8. The second-order valence-electron chi connectivity index (χ2n) is 9.85. The molecule has 0 saturated heterocycles. The molecule has 2 amide bonds. The van der Waals surface area contributed by atoms with Crippen LogP contribution in [0.3, 0.4) is 0 Å². The van der Waals surface area contributed by atoms with Crippen LogP contribution < -0.4 is 16.4 Å². The molecule has 1 aliphatic rings.